The van der Waals surface area contributed by atoms with E-state index in [1.807, 2.05) is 14.0 Å². The third kappa shape index (κ3) is 4.97. The van der Waals surface area contributed by atoms with Crippen molar-refractivity contribution in [3.05, 3.63) is 16.4 Å². The van der Waals surface area contributed by atoms with Crippen LogP contribution in [0.4, 0.5) is 0 Å². The molecule has 1 rings (SSSR count). The lowest BCUT2D eigenvalue weighted by atomic mass is 9.94. The molecule has 1 N–H and O–H groups in total. The summed E-state index contributed by atoms with van der Waals surface area (Å²) >= 11 is 6.39. The molecule has 0 fully saturated rings. The predicted molar refractivity (Wildman–Crippen MR) is 89.0 cm³/mol. The third-order valence-electron chi connectivity index (χ3n) is 3.76. The van der Waals surface area contributed by atoms with E-state index in [9.17, 15) is 0 Å². The Kier molecular flexibility index (Phi) is 7.71. The van der Waals surface area contributed by atoms with Crippen LogP contribution in [0.1, 0.15) is 45.4 Å². The number of ether oxygens (including phenoxy) is 1. The van der Waals surface area contributed by atoms with Crippen molar-refractivity contribution in [3.8, 4) is 0 Å². The Labute approximate surface area is 134 Å². The molecular formula is C16H30ClN3O. The predicted octanol–water partition coefficient (Wildman–Crippen LogP) is 3.35. The molecule has 2 unspecified atom stereocenters. The molecule has 0 saturated heterocycles. The van der Waals surface area contributed by atoms with E-state index in [4.69, 9.17) is 16.3 Å². The van der Waals surface area contributed by atoms with E-state index in [1.165, 1.54) is 0 Å². The maximum atomic E-state index is 6.39. The second kappa shape index (κ2) is 8.76. The highest BCUT2D eigenvalue weighted by Gasteiger charge is 2.27. The van der Waals surface area contributed by atoms with Crippen LogP contribution in [-0.2, 0) is 18.2 Å². The van der Waals surface area contributed by atoms with Gasteiger partial charge in [0, 0.05) is 25.3 Å². The fourth-order valence-corrected chi connectivity index (χ4v) is 2.98. The zero-order chi connectivity index (χ0) is 16.0. The Morgan fingerprint density at radius 1 is 1.33 bits per heavy atom. The summed E-state index contributed by atoms with van der Waals surface area (Å²) in [5, 5.41) is 8.77. The van der Waals surface area contributed by atoms with Gasteiger partial charge in [-0.15, -0.1) is 0 Å². The van der Waals surface area contributed by atoms with Gasteiger partial charge in [0.1, 0.15) is 5.15 Å². The number of hydrogen-bond donors (Lipinski definition) is 1. The molecule has 0 aliphatic rings. The van der Waals surface area contributed by atoms with Crippen LogP contribution in [0.5, 0.6) is 0 Å². The molecule has 0 aliphatic heterocycles. The van der Waals surface area contributed by atoms with E-state index >= 15 is 0 Å². The van der Waals surface area contributed by atoms with E-state index in [-0.39, 0.29) is 12.1 Å². The van der Waals surface area contributed by atoms with Crippen LogP contribution in [0.3, 0.4) is 0 Å². The van der Waals surface area contributed by atoms with Crippen LogP contribution in [0.2, 0.25) is 5.15 Å². The Balaban J connectivity index is 2.95. The van der Waals surface area contributed by atoms with Crippen molar-refractivity contribution in [1.82, 2.24) is 15.1 Å². The van der Waals surface area contributed by atoms with Gasteiger partial charge >= 0.3 is 0 Å². The molecular weight excluding hydrogens is 286 g/mol. The van der Waals surface area contributed by atoms with Gasteiger partial charge in [-0.25, -0.2) is 0 Å². The van der Waals surface area contributed by atoms with E-state index < -0.39 is 0 Å². The topological polar surface area (TPSA) is 39.1 Å². The first kappa shape index (κ1) is 18.5. The van der Waals surface area contributed by atoms with Crippen LogP contribution in [0.15, 0.2) is 0 Å². The van der Waals surface area contributed by atoms with Crippen molar-refractivity contribution >= 4 is 11.6 Å². The molecule has 1 aromatic rings. The van der Waals surface area contributed by atoms with Crippen molar-refractivity contribution in [2.75, 3.05) is 13.2 Å². The summed E-state index contributed by atoms with van der Waals surface area (Å²) in [4.78, 5) is 0. The SMILES string of the molecule is CCCNC(Cc1c(C)nn(C)c1Cl)C(OCC)C(C)C. The Morgan fingerprint density at radius 2 is 2.00 bits per heavy atom. The van der Waals surface area contributed by atoms with Gasteiger partial charge in [-0.2, -0.15) is 5.10 Å². The molecule has 0 spiro atoms. The summed E-state index contributed by atoms with van der Waals surface area (Å²) in [5.41, 5.74) is 2.13. The molecule has 0 aliphatic carbocycles. The molecule has 5 heteroatoms. The first-order valence-corrected chi connectivity index (χ1v) is 8.33. The van der Waals surface area contributed by atoms with Crippen molar-refractivity contribution in [3.63, 3.8) is 0 Å². The lowest BCUT2D eigenvalue weighted by Gasteiger charge is -2.31. The zero-order valence-electron chi connectivity index (χ0n) is 14.2. The summed E-state index contributed by atoms with van der Waals surface area (Å²) < 4.78 is 7.73. The fourth-order valence-electron chi connectivity index (χ4n) is 2.73. The molecule has 0 radical (unpaired) electrons. The quantitative estimate of drug-likeness (QED) is 0.759. The highest BCUT2D eigenvalue weighted by molar-refractivity contribution is 6.30. The van der Waals surface area contributed by atoms with Crippen molar-refractivity contribution in [1.29, 1.82) is 0 Å². The molecule has 21 heavy (non-hydrogen) atoms. The summed E-state index contributed by atoms with van der Waals surface area (Å²) in [7, 11) is 1.88. The molecule has 122 valence electrons. The average molecular weight is 316 g/mol. The van der Waals surface area contributed by atoms with Gasteiger partial charge in [-0.3, -0.25) is 4.68 Å². The Hall–Kier alpha value is -0.580. The lowest BCUT2D eigenvalue weighted by Crippen LogP contribution is -2.46. The van der Waals surface area contributed by atoms with Crippen molar-refractivity contribution in [2.45, 2.75) is 59.6 Å². The number of rotatable bonds is 9. The maximum absolute atomic E-state index is 6.39. The monoisotopic (exact) mass is 315 g/mol. The van der Waals surface area contributed by atoms with Crippen molar-refractivity contribution < 1.29 is 4.74 Å². The Bertz CT molecular complexity index is 431. The zero-order valence-corrected chi connectivity index (χ0v) is 15.0. The maximum Gasteiger partial charge on any atom is 0.130 e. The second-order valence-corrected chi connectivity index (χ2v) is 6.27. The first-order valence-electron chi connectivity index (χ1n) is 7.95. The van der Waals surface area contributed by atoms with Crippen LogP contribution in [0, 0.1) is 12.8 Å². The summed E-state index contributed by atoms with van der Waals surface area (Å²) in [6, 6.07) is 0.255. The summed E-state index contributed by atoms with van der Waals surface area (Å²) in [6.07, 6.45) is 2.13. The van der Waals surface area contributed by atoms with Crippen molar-refractivity contribution in [2.24, 2.45) is 13.0 Å². The van der Waals surface area contributed by atoms with E-state index in [0.29, 0.717) is 5.92 Å². The van der Waals surface area contributed by atoms with E-state index in [2.05, 4.69) is 38.1 Å². The molecule has 1 aromatic heterocycles. The second-order valence-electron chi connectivity index (χ2n) is 5.91. The highest BCUT2D eigenvalue weighted by atomic mass is 35.5. The van der Waals surface area contributed by atoms with E-state index in [1.54, 1.807) is 4.68 Å². The number of aryl methyl sites for hydroxylation is 2. The lowest BCUT2D eigenvalue weighted by molar-refractivity contribution is 0.00359. The molecule has 0 aromatic carbocycles. The summed E-state index contributed by atoms with van der Waals surface area (Å²) in [5.74, 6) is 0.454. The van der Waals surface area contributed by atoms with Crippen LogP contribution in [-0.4, -0.2) is 35.1 Å². The number of aromatic nitrogens is 2. The minimum absolute atomic E-state index is 0.178. The van der Waals surface area contributed by atoms with Gasteiger partial charge in [-0.05, 0) is 39.2 Å². The van der Waals surface area contributed by atoms with E-state index in [0.717, 1.165) is 42.4 Å². The fraction of sp³-hybridized carbons (Fsp3) is 0.812. The van der Waals surface area contributed by atoms with Gasteiger partial charge in [0.05, 0.1) is 11.8 Å². The largest absolute Gasteiger partial charge is 0.377 e. The van der Waals surface area contributed by atoms with Gasteiger partial charge in [0.15, 0.2) is 0 Å². The summed E-state index contributed by atoms with van der Waals surface area (Å²) in [6.45, 7) is 12.4. The van der Waals surface area contributed by atoms with Gasteiger partial charge < -0.3 is 10.1 Å². The Morgan fingerprint density at radius 3 is 2.43 bits per heavy atom. The number of hydrogen-bond acceptors (Lipinski definition) is 3. The molecule has 1 heterocycles. The molecule has 4 nitrogen and oxygen atoms in total. The van der Waals surface area contributed by atoms with Gasteiger partial charge in [0.25, 0.3) is 0 Å². The number of nitrogens with one attached hydrogen (secondary N) is 1. The van der Waals surface area contributed by atoms with Crippen LogP contribution in [0.25, 0.3) is 0 Å². The smallest absolute Gasteiger partial charge is 0.130 e. The highest BCUT2D eigenvalue weighted by Crippen LogP contribution is 2.23. The van der Waals surface area contributed by atoms with Crippen LogP contribution < -0.4 is 5.32 Å². The average Bonchev–Trinajstić information content (AvgIpc) is 2.66. The minimum atomic E-state index is 0.178. The minimum Gasteiger partial charge on any atom is -0.377 e. The third-order valence-corrected chi connectivity index (χ3v) is 4.24. The number of nitrogens with zero attached hydrogens (tertiary/aromatic N) is 2. The molecule has 0 saturated carbocycles. The van der Waals surface area contributed by atoms with Crippen LogP contribution >= 0.6 is 11.6 Å². The van der Waals surface area contributed by atoms with Gasteiger partial charge in [-0.1, -0.05) is 32.4 Å². The molecule has 0 bridgehead atoms. The number of halogens is 1. The van der Waals surface area contributed by atoms with Gasteiger partial charge in [0.2, 0.25) is 0 Å². The molecule has 0 amide bonds. The normalized spacial score (nSPS) is 14.7. The standard InChI is InChI=1S/C16H30ClN3O/c1-7-9-18-14(15(11(3)4)21-8-2)10-13-12(5)19-20(6)16(13)17/h11,14-15,18H,7-10H2,1-6H3. The first-order chi connectivity index (χ1) is 9.92. The molecule has 2 atom stereocenters.